The summed E-state index contributed by atoms with van der Waals surface area (Å²) < 4.78 is 5.31. The molecule has 0 aliphatic rings. The van der Waals surface area contributed by atoms with Gasteiger partial charge in [0.1, 0.15) is 17.0 Å². The number of rotatable bonds is 6. The number of pyridine rings is 1. The molecule has 2 aromatic rings. The number of aromatic carboxylic acids is 1. The Morgan fingerprint density at radius 2 is 2.09 bits per heavy atom. The number of anilines is 1. The maximum Gasteiger partial charge on any atom is 0.354 e. The van der Waals surface area contributed by atoms with Gasteiger partial charge in [0.2, 0.25) is 0 Å². The first-order valence-corrected chi connectivity index (χ1v) is 7.35. The number of nitrogens with zero attached hydrogens (tertiary/aromatic N) is 2. The quantitative estimate of drug-likeness (QED) is 0.821. The monoisotopic (exact) mass is 312 g/mol. The third kappa shape index (κ3) is 3.69. The van der Waals surface area contributed by atoms with Gasteiger partial charge in [0.05, 0.1) is 12.8 Å². The predicted octanol–water partition coefficient (Wildman–Crippen LogP) is 3.86. The second kappa shape index (κ2) is 7.45. The molecule has 120 valence electrons. The lowest BCUT2D eigenvalue weighted by molar-refractivity contribution is 0.0691. The number of methoxy groups -OCH3 is 1. The Kier molecular flexibility index (Phi) is 5.36. The molecule has 1 aromatic carbocycles. The van der Waals surface area contributed by atoms with Crippen LogP contribution in [-0.4, -0.2) is 30.2 Å². The molecule has 0 atom stereocenters. The number of carboxylic acids is 1. The number of carboxylic acid groups (broad SMARTS) is 1. The van der Waals surface area contributed by atoms with Crippen LogP contribution in [0, 0.1) is 0 Å². The molecule has 0 spiro atoms. The van der Waals surface area contributed by atoms with Crippen LogP contribution in [0.2, 0.25) is 0 Å². The third-order valence-electron chi connectivity index (χ3n) is 3.41. The van der Waals surface area contributed by atoms with Crippen molar-refractivity contribution in [3.05, 3.63) is 54.4 Å². The molecule has 5 heteroatoms. The molecule has 2 rings (SSSR count). The van der Waals surface area contributed by atoms with Gasteiger partial charge >= 0.3 is 5.97 Å². The van der Waals surface area contributed by atoms with Gasteiger partial charge in [-0.1, -0.05) is 19.1 Å². The zero-order valence-electron chi connectivity index (χ0n) is 13.5. The molecule has 0 aliphatic heterocycles. The highest BCUT2D eigenvalue weighted by atomic mass is 16.5. The van der Waals surface area contributed by atoms with Gasteiger partial charge in [-0.3, -0.25) is 0 Å². The van der Waals surface area contributed by atoms with Crippen molar-refractivity contribution in [2.24, 2.45) is 0 Å². The van der Waals surface area contributed by atoms with E-state index in [-0.39, 0.29) is 5.69 Å². The van der Waals surface area contributed by atoms with Gasteiger partial charge in [-0.2, -0.15) is 0 Å². The highest BCUT2D eigenvalue weighted by Crippen LogP contribution is 2.32. The van der Waals surface area contributed by atoms with Crippen LogP contribution < -0.4 is 9.64 Å². The Bertz CT molecular complexity index is 766. The summed E-state index contributed by atoms with van der Waals surface area (Å²) >= 11 is 0. The number of ether oxygens (including phenoxy) is 1. The van der Waals surface area contributed by atoms with E-state index >= 15 is 0 Å². The minimum absolute atomic E-state index is 0.00276. The fourth-order valence-corrected chi connectivity index (χ4v) is 2.24. The van der Waals surface area contributed by atoms with E-state index in [1.54, 1.807) is 19.2 Å². The van der Waals surface area contributed by atoms with E-state index in [0.29, 0.717) is 11.3 Å². The average Bonchev–Trinajstić information content (AvgIpc) is 2.56. The van der Waals surface area contributed by atoms with Crippen LogP contribution in [0.3, 0.4) is 0 Å². The standard InChI is InChI=1S/C18H20N2O3/c1-4-5-6-7-12-20(2)15-10-11-16(23-3)17-13(15)8-9-14(19-17)18(21)22/h5-12H,4H2,1-3H3,(H,21,22)/b6-5+,12-7-. The first kappa shape index (κ1) is 16.5. The Labute approximate surface area is 135 Å². The molecule has 0 saturated heterocycles. The molecule has 0 aliphatic carbocycles. The predicted molar refractivity (Wildman–Crippen MR) is 92.2 cm³/mol. The zero-order valence-corrected chi connectivity index (χ0v) is 13.5. The smallest absolute Gasteiger partial charge is 0.354 e. The first-order valence-electron chi connectivity index (χ1n) is 7.35. The molecule has 0 fully saturated rings. The molecular weight excluding hydrogens is 292 g/mol. The summed E-state index contributed by atoms with van der Waals surface area (Å²) in [5.74, 6) is -0.507. The zero-order chi connectivity index (χ0) is 16.8. The van der Waals surface area contributed by atoms with E-state index in [1.165, 1.54) is 6.07 Å². The number of fused-ring (bicyclic) bond motifs is 1. The summed E-state index contributed by atoms with van der Waals surface area (Å²) in [5.41, 5.74) is 1.46. The van der Waals surface area contributed by atoms with Gasteiger partial charge in [0.25, 0.3) is 0 Å². The molecule has 1 aromatic heterocycles. The first-order chi connectivity index (χ1) is 11.1. The molecule has 0 radical (unpaired) electrons. The summed E-state index contributed by atoms with van der Waals surface area (Å²) in [6.45, 7) is 2.08. The van der Waals surface area contributed by atoms with Crippen LogP contribution in [0.25, 0.3) is 10.9 Å². The topological polar surface area (TPSA) is 62.7 Å². The number of carbonyl (C=O) groups is 1. The van der Waals surface area contributed by atoms with Crippen molar-refractivity contribution in [2.75, 3.05) is 19.1 Å². The number of hydrogen-bond donors (Lipinski definition) is 1. The number of aromatic nitrogens is 1. The van der Waals surface area contributed by atoms with Gasteiger partial charge < -0.3 is 14.7 Å². The van der Waals surface area contributed by atoms with E-state index in [0.717, 1.165) is 17.5 Å². The van der Waals surface area contributed by atoms with Gasteiger partial charge in [-0.25, -0.2) is 9.78 Å². The lowest BCUT2D eigenvalue weighted by Gasteiger charge is -2.18. The van der Waals surface area contributed by atoms with Crippen molar-refractivity contribution in [3.8, 4) is 5.75 Å². The van der Waals surface area contributed by atoms with Crippen molar-refractivity contribution < 1.29 is 14.6 Å². The molecule has 0 unspecified atom stereocenters. The summed E-state index contributed by atoms with van der Waals surface area (Å²) in [7, 11) is 3.48. The van der Waals surface area contributed by atoms with Crippen molar-refractivity contribution in [1.82, 2.24) is 4.98 Å². The Balaban J connectivity index is 2.51. The SMILES string of the molecule is CC/C=C/C=C\N(C)c1ccc(OC)c2nc(C(=O)O)ccc12. The third-order valence-corrected chi connectivity index (χ3v) is 3.41. The Morgan fingerprint density at radius 1 is 1.30 bits per heavy atom. The largest absolute Gasteiger partial charge is 0.494 e. The van der Waals surface area contributed by atoms with E-state index in [9.17, 15) is 4.79 Å². The molecule has 1 N–H and O–H groups in total. The van der Waals surface area contributed by atoms with E-state index < -0.39 is 5.97 Å². The summed E-state index contributed by atoms with van der Waals surface area (Å²) in [5, 5.41) is 9.95. The van der Waals surface area contributed by atoms with Crippen LogP contribution in [0.5, 0.6) is 5.75 Å². The van der Waals surface area contributed by atoms with Crippen molar-refractivity contribution in [1.29, 1.82) is 0 Å². The number of benzene rings is 1. The molecular formula is C18H20N2O3. The number of hydrogen-bond acceptors (Lipinski definition) is 4. The summed E-state index contributed by atoms with van der Waals surface area (Å²) in [6, 6.07) is 6.98. The van der Waals surface area contributed by atoms with Gasteiger partial charge in [-0.15, -0.1) is 0 Å². The minimum atomic E-state index is -1.06. The van der Waals surface area contributed by atoms with Gasteiger partial charge in [0.15, 0.2) is 0 Å². The summed E-state index contributed by atoms with van der Waals surface area (Å²) in [4.78, 5) is 17.3. The van der Waals surface area contributed by atoms with E-state index in [2.05, 4.69) is 18.0 Å². The second-order valence-electron chi connectivity index (χ2n) is 4.97. The fraction of sp³-hybridized carbons (Fsp3) is 0.222. The van der Waals surface area contributed by atoms with Crippen LogP contribution in [0.4, 0.5) is 5.69 Å². The van der Waals surface area contributed by atoms with Crippen molar-refractivity contribution in [3.63, 3.8) is 0 Å². The van der Waals surface area contributed by atoms with E-state index in [4.69, 9.17) is 9.84 Å². The molecule has 23 heavy (non-hydrogen) atoms. The fourth-order valence-electron chi connectivity index (χ4n) is 2.24. The highest BCUT2D eigenvalue weighted by Gasteiger charge is 2.13. The van der Waals surface area contributed by atoms with Crippen LogP contribution in [0.1, 0.15) is 23.8 Å². The molecule has 1 heterocycles. The Morgan fingerprint density at radius 3 is 2.74 bits per heavy atom. The normalized spacial score (nSPS) is 11.4. The highest BCUT2D eigenvalue weighted by molar-refractivity contribution is 5.98. The van der Waals surface area contributed by atoms with Crippen LogP contribution >= 0.6 is 0 Å². The average molecular weight is 312 g/mol. The van der Waals surface area contributed by atoms with Crippen molar-refractivity contribution >= 4 is 22.6 Å². The molecule has 0 saturated carbocycles. The maximum absolute atomic E-state index is 11.1. The van der Waals surface area contributed by atoms with Crippen molar-refractivity contribution in [2.45, 2.75) is 13.3 Å². The van der Waals surface area contributed by atoms with Crippen LogP contribution in [-0.2, 0) is 0 Å². The second-order valence-corrected chi connectivity index (χ2v) is 4.97. The lowest BCUT2D eigenvalue weighted by atomic mass is 10.1. The molecule has 0 amide bonds. The van der Waals surface area contributed by atoms with E-state index in [1.807, 2.05) is 36.4 Å². The van der Waals surface area contributed by atoms with Crippen LogP contribution in [0.15, 0.2) is 48.7 Å². The molecule has 5 nitrogen and oxygen atoms in total. The minimum Gasteiger partial charge on any atom is -0.494 e. The number of allylic oxidation sites excluding steroid dienone is 3. The van der Waals surface area contributed by atoms with Gasteiger partial charge in [-0.05, 0) is 36.8 Å². The van der Waals surface area contributed by atoms with Gasteiger partial charge in [0, 0.05) is 18.6 Å². The maximum atomic E-state index is 11.1. The lowest BCUT2D eigenvalue weighted by Crippen LogP contribution is -2.09. The molecule has 0 bridgehead atoms. The summed E-state index contributed by atoms with van der Waals surface area (Å²) in [6.07, 6.45) is 8.94. The Hall–Kier alpha value is -2.82.